The quantitative estimate of drug-likeness (QED) is 0.858. The van der Waals surface area contributed by atoms with E-state index in [-0.39, 0.29) is 0 Å². The molecule has 0 atom stereocenters. The van der Waals surface area contributed by atoms with Crippen LogP contribution in [0, 0.1) is 0 Å². The molecule has 0 bridgehead atoms. The third-order valence-electron chi connectivity index (χ3n) is 3.29. The van der Waals surface area contributed by atoms with E-state index in [0.717, 1.165) is 29.4 Å². The number of fused-ring (bicyclic) bond motifs is 1. The third kappa shape index (κ3) is 2.69. The van der Waals surface area contributed by atoms with E-state index in [0.29, 0.717) is 22.2 Å². The van der Waals surface area contributed by atoms with Gasteiger partial charge in [0.2, 0.25) is 5.88 Å². The number of halogens is 1. The summed E-state index contributed by atoms with van der Waals surface area (Å²) in [4.78, 5) is 4.91. The Kier molecular flexibility index (Phi) is 3.72. The van der Waals surface area contributed by atoms with Crippen LogP contribution in [0.1, 0.15) is 23.2 Å². The lowest BCUT2D eigenvalue weighted by Gasteiger charge is -2.11. The van der Waals surface area contributed by atoms with E-state index in [1.807, 2.05) is 30.3 Å². The Balaban J connectivity index is 2.01. The van der Waals surface area contributed by atoms with E-state index in [9.17, 15) is 0 Å². The first-order valence-electron chi connectivity index (χ1n) is 6.39. The van der Waals surface area contributed by atoms with E-state index in [1.165, 1.54) is 5.56 Å². The van der Waals surface area contributed by atoms with Gasteiger partial charge in [-0.25, -0.2) is 4.98 Å². The average molecular weight is 349 g/mol. The standard InChI is InChI=1S/C15H13BrN2OS/c16-10-4-2-5-11(8-10)19-15-12(14(17)20)7-9-3-1-6-13(9)18-15/h2,4-5,7-8H,1,3,6H2,(H2,17,20). The second-order valence-electron chi connectivity index (χ2n) is 4.72. The van der Waals surface area contributed by atoms with Gasteiger partial charge in [-0.1, -0.05) is 34.2 Å². The van der Waals surface area contributed by atoms with Crippen LogP contribution in [-0.2, 0) is 12.8 Å². The molecule has 0 radical (unpaired) electrons. The Labute approximate surface area is 131 Å². The summed E-state index contributed by atoms with van der Waals surface area (Å²) in [6, 6.07) is 9.64. The van der Waals surface area contributed by atoms with Crippen molar-refractivity contribution in [2.24, 2.45) is 5.73 Å². The SMILES string of the molecule is NC(=S)c1cc2c(nc1Oc1cccc(Br)c1)CCC2. The number of pyridine rings is 1. The van der Waals surface area contributed by atoms with Gasteiger partial charge in [0.25, 0.3) is 0 Å². The first kappa shape index (κ1) is 13.5. The molecule has 0 spiro atoms. The monoisotopic (exact) mass is 348 g/mol. The van der Waals surface area contributed by atoms with Crippen molar-refractivity contribution in [3.63, 3.8) is 0 Å². The maximum atomic E-state index is 5.87. The molecule has 0 saturated carbocycles. The van der Waals surface area contributed by atoms with Crippen LogP contribution in [0.15, 0.2) is 34.8 Å². The Hall–Kier alpha value is -1.46. The van der Waals surface area contributed by atoms with Crippen molar-refractivity contribution in [3.8, 4) is 11.6 Å². The first-order chi connectivity index (χ1) is 9.63. The van der Waals surface area contributed by atoms with Crippen LogP contribution < -0.4 is 10.5 Å². The molecular formula is C15H13BrN2OS. The van der Waals surface area contributed by atoms with Crippen molar-refractivity contribution < 1.29 is 4.74 Å². The summed E-state index contributed by atoms with van der Waals surface area (Å²) in [5, 5.41) is 0. The molecule has 1 aromatic carbocycles. The van der Waals surface area contributed by atoms with Crippen LogP contribution in [0.5, 0.6) is 11.6 Å². The number of ether oxygens (including phenoxy) is 1. The van der Waals surface area contributed by atoms with Gasteiger partial charge in [-0.15, -0.1) is 0 Å². The molecule has 0 aliphatic heterocycles. The minimum atomic E-state index is 0.317. The van der Waals surface area contributed by atoms with Gasteiger partial charge in [0.1, 0.15) is 10.7 Å². The minimum absolute atomic E-state index is 0.317. The molecule has 1 aliphatic carbocycles. The van der Waals surface area contributed by atoms with Gasteiger partial charge in [-0.3, -0.25) is 0 Å². The Morgan fingerprint density at radius 1 is 1.30 bits per heavy atom. The van der Waals surface area contributed by atoms with Crippen molar-refractivity contribution in [1.29, 1.82) is 0 Å². The second-order valence-corrected chi connectivity index (χ2v) is 6.08. The summed E-state index contributed by atoms with van der Waals surface area (Å²) >= 11 is 8.53. The van der Waals surface area contributed by atoms with Gasteiger partial charge < -0.3 is 10.5 Å². The summed E-state index contributed by atoms with van der Waals surface area (Å²) in [6.45, 7) is 0. The lowest BCUT2D eigenvalue weighted by Crippen LogP contribution is -2.13. The highest BCUT2D eigenvalue weighted by Gasteiger charge is 2.19. The molecule has 5 heteroatoms. The molecule has 1 aliphatic rings. The molecule has 3 rings (SSSR count). The number of aromatic nitrogens is 1. The third-order valence-corrected chi connectivity index (χ3v) is 4.01. The minimum Gasteiger partial charge on any atom is -0.438 e. The highest BCUT2D eigenvalue weighted by Crippen LogP contribution is 2.30. The Morgan fingerprint density at radius 2 is 2.15 bits per heavy atom. The van der Waals surface area contributed by atoms with Crippen molar-refractivity contribution >= 4 is 33.1 Å². The maximum absolute atomic E-state index is 5.87. The highest BCUT2D eigenvalue weighted by atomic mass is 79.9. The summed E-state index contributed by atoms with van der Waals surface area (Å²) < 4.78 is 6.82. The van der Waals surface area contributed by atoms with Gasteiger partial charge in [-0.05, 0) is 49.1 Å². The van der Waals surface area contributed by atoms with Crippen LogP contribution in [-0.4, -0.2) is 9.97 Å². The molecule has 1 heterocycles. The normalized spacial score (nSPS) is 13.1. The van der Waals surface area contributed by atoms with Crippen LogP contribution in [0.3, 0.4) is 0 Å². The lowest BCUT2D eigenvalue weighted by atomic mass is 10.1. The molecular weight excluding hydrogens is 336 g/mol. The van der Waals surface area contributed by atoms with E-state index in [1.54, 1.807) is 0 Å². The van der Waals surface area contributed by atoms with E-state index in [4.69, 9.17) is 22.7 Å². The van der Waals surface area contributed by atoms with E-state index >= 15 is 0 Å². The summed E-state index contributed by atoms with van der Waals surface area (Å²) in [7, 11) is 0. The number of benzene rings is 1. The van der Waals surface area contributed by atoms with Crippen molar-refractivity contribution in [3.05, 3.63) is 51.6 Å². The van der Waals surface area contributed by atoms with Crippen LogP contribution in [0.4, 0.5) is 0 Å². The van der Waals surface area contributed by atoms with Crippen molar-refractivity contribution in [1.82, 2.24) is 4.98 Å². The van der Waals surface area contributed by atoms with Crippen LogP contribution in [0.2, 0.25) is 0 Å². The smallest absolute Gasteiger partial charge is 0.229 e. The Bertz CT molecular complexity index is 688. The van der Waals surface area contributed by atoms with Gasteiger partial charge in [0.05, 0.1) is 5.56 Å². The molecule has 1 aromatic heterocycles. The molecule has 0 amide bonds. The molecule has 2 N–H and O–H groups in total. The van der Waals surface area contributed by atoms with Gasteiger partial charge in [0.15, 0.2) is 0 Å². The number of nitrogens with two attached hydrogens (primary N) is 1. The van der Waals surface area contributed by atoms with Gasteiger partial charge >= 0.3 is 0 Å². The molecule has 2 aromatic rings. The van der Waals surface area contributed by atoms with Crippen LogP contribution in [0.25, 0.3) is 0 Å². The number of hydrogen-bond acceptors (Lipinski definition) is 3. The molecule has 20 heavy (non-hydrogen) atoms. The van der Waals surface area contributed by atoms with E-state index < -0.39 is 0 Å². The number of aryl methyl sites for hydroxylation is 2. The average Bonchev–Trinajstić information content (AvgIpc) is 2.84. The lowest BCUT2D eigenvalue weighted by molar-refractivity contribution is 0.459. The molecule has 0 fully saturated rings. The molecule has 102 valence electrons. The largest absolute Gasteiger partial charge is 0.438 e. The summed E-state index contributed by atoms with van der Waals surface area (Å²) in [5.41, 5.74) is 8.83. The fourth-order valence-electron chi connectivity index (χ4n) is 2.35. The highest BCUT2D eigenvalue weighted by molar-refractivity contribution is 9.10. The predicted molar refractivity (Wildman–Crippen MR) is 86.4 cm³/mol. The zero-order chi connectivity index (χ0) is 14.1. The van der Waals surface area contributed by atoms with Crippen LogP contribution >= 0.6 is 28.1 Å². The number of rotatable bonds is 3. The van der Waals surface area contributed by atoms with E-state index in [2.05, 4.69) is 20.9 Å². The number of nitrogens with zero attached hydrogens (tertiary/aromatic N) is 1. The Morgan fingerprint density at radius 3 is 2.90 bits per heavy atom. The van der Waals surface area contributed by atoms with Gasteiger partial charge in [-0.2, -0.15) is 0 Å². The fourth-order valence-corrected chi connectivity index (χ4v) is 2.87. The molecule has 0 saturated heterocycles. The number of thiocarbonyl (C=S) groups is 1. The zero-order valence-electron chi connectivity index (χ0n) is 10.7. The van der Waals surface area contributed by atoms with Crippen molar-refractivity contribution in [2.45, 2.75) is 19.3 Å². The second kappa shape index (κ2) is 5.50. The molecule has 3 nitrogen and oxygen atoms in total. The maximum Gasteiger partial charge on any atom is 0.229 e. The van der Waals surface area contributed by atoms with Crippen molar-refractivity contribution in [2.75, 3.05) is 0 Å². The molecule has 0 unspecified atom stereocenters. The van der Waals surface area contributed by atoms with Gasteiger partial charge in [0, 0.05) is 10.2 Å². The topological polar surface area (TPSA) is 48.1 Å². The zero-order valence-corrected chi connectivity index (χ0v) is 13.1. The number of hydrogen-bond donors (Lipinski definition) is 1. The fraction of sp³-hybridized carbons (Fsp3) is 0.200. The predicted octanol–water partition coefficient (Wildman–Crippen LogP) is 3.76. The summed E-state index contributed by atoms with van der Waals surface area (Å²) in [5.74, 6) is 1.21. The summed E-state index contributed by atoms with van der Waals surface area (Å²) in [6.07, 6.45) is 3.15. The first-order valence-corrected chi connectivity index (χ1v) is 7.59.